The van der Waals surface area contributed by atoms with E-state index in [1.54, 1.807) is 11.3 Å². The molecule has 0 fully saturated rings. The van der Waals surface area contributed by atoms with Gasteiger partial charge in [0.1, 0.15) is 0 Å². The Kier molecular flexibility index (Phi) is 3.92. The zero-order valence-electron chi connectivity index (χ0n) is 9.66. The largest absolute Gasteiger partial charge is 0.397 e. The molecule has 1 aromatic heterocycles. The summed E-state index contributed by atoms with van der Waals surface area (Å²) in [6.07, 6.45) is 0.963. The Hall–Kier alpha value is -1.19. The maximum absolute atomic E-state index is 5.99. The van der Waals surface area contributed by atoms with Crippen LogP contribution in [0.2, 0.25) is 4.34 Å². The summed E-state index contributed by atoms with van der Waals surface area (Å²) in [4.78, 5) is 1.29. The number of nitrogens with one attached hydrogen (secondary N) is 1. The van der Waals surface area contributed by atoms with E-state index in [0.717, 1.165) is 34.2 Å². The Morgan fingerprint density at radius 3 is 2.82 bits per heavy atom. The van der Waals surface area contributed by atoms with Gasteiger partial charge in [-0.3, -0.25) is 0 Å². The van der Waals surface area contributed by atoms with Gasteiger partial charge in [-0.25, -0.2) is 0 Å². The van der Waals surface area contributed by atoms with E-state index in [0.29, 0.717) is 0 Å². The zero-order chi connectivity index (χ0) is 12.3. The van der Waals surface area contributed by atoms with E-state index in [9.17, 15) is 0 Å². The van der Waals surface area contributed by atoms with Gasteiger partial charge in [0.2, 0.25) is 0 Å². The SMILES string of the molecule is Cc1cccc(NCCc2ccc(Cl)s2)c1N. The van der Waals surface area contributed by atoms with Gasteiger partial charge >= 0.3 is 0 Å². The number of nitrogen functional groups attached to an aromatic ring is 1. The molecule has 0 amide bonds. The van der Waals surface area contributed by atoms with Gasteiger partial charge in [0.25, 0.3) is 0 Å². The number of benzene rings is 1. The second kappa shape index (κ2) is 5.43. The second-order valence-corrected chi connectivity index (χ2v) is 5.72. The topological polar surface area (TPSA) is 38.0 Å². The molecular weight excluding hydrogens is 252 g/mol. The summed E-state index contributed by atoms with van der Waals surface area (Å²) in [7, 11) is 0. The standard InChI is InChI=1S/C13H15ClN2S/c1-9-3-2-4-11(13(9)15)16-8-7-10-5-6-12(14)17-10/h2-6,16H,7-8,15H2,1H3. The van der Waals surface area contributed by atoms with Gasteiger partial charge in [-0.2, -0.15) is 0 Å². The van der Waals surface area contributed by atoms with Crippen LogP contribution in [0.5, 0.6) is 0 Å². The molecule has 2 nitrogen and oxygen atoms in total. The Balaban J connectivity index is 1.92. The molecule has 0 spiro atoms. The van der Waals surface area contributed by atoms with E-state index in [-0.39, 0.29) is 0 Å². The highest BCUT2D eigenvalue weighted by atomic mass is 35.5. The molecule has 2 aromatic rings. The lowest BCUT2D eigenvalue weighted by molar-refractivity contribution is 1.04. The first-order valence-corrected chi connectivity index (χ1v) is 6.69. The van der Waals surface area contributed by atoms with E-state index in [1.165, 1.54) is 4.88 Å². The Morgan fingerprint density at radius 1 is 1.29 bits per heavy atom. The summed E-state index contributed by atoms with van der Waals surface area (Å²) in [6, 6.07) is 10.0. The third-order valence-corrected chi connectivity index (χ3v) is 3.93. The average Bonchev–Trinajstić information content (AvgIpc) is 2.70. The highest BCUT2D eigenvalue weighted by Gasteiger charge is 2.01. The van der Waals surface area contributed by atoms with Gasteiger partial charge in [0.15, 0.2) is 0 Å². The Labute approximate surface area is 110 Å². The maximum Gasteiger partial charge on any atom is 0.0931 e. The first-order chi connectivity index (χ1) is 8.16. The van der Waals surface area contributed by atoms with Crippen LogP contribution >= 0.6 is 22.9 Å². The molecule has 1 heterocycles. The lowest BCUT2D eigenvalue weighted by atomic mass is 10.1. The first-order valence-electron chi connectivity index (χ1n) is 5.50. The fourth-order valence-electron chi connectivity index (χ4n) is 1.64. The zero-order valence-corrected chi connectivity index (χ0v) is 11.2. The van der Waals surface area contributed by atoms with Crippen molar-refractivity contribution in [3.8, 4) is 0 Å². The number of rotatable bonds is 4. The maximum atomic E-state index is 5.99. The average molecular weight is 267 g/mol. The van der Waals surface area contributed by atoms with Crippen LogP contribution in [0.1, 0.15) is 10.4 Å². The van der Waals surface area contributed by atoms with Crippen LogP contribution in [-0.2, 0) is 6.42 Å². The van der Waals surface area contributed by atoms with Crippen LogP contribution < -0.4 is 11.1 Å². The number of halogens is 1. The van der Waals surface area contributed by atoms with Crippen molar-refractivity contribution < 1.29 is 0 Å². The van der Waals surface area contributed by atoms with Crippen LogP contribution in [0.4, 0.5) is 11.4 Å². The van der Waals surface area contributed by atoms with Crippen molar-refractivity contribution in [3.05, 3.63) is 45.1 Å². The lowest BCUT2D eigenvalue weighted by Crippen LogP contribution is -2.06. The first kappa shape index (κ1) is 12.3. The summed E-state index contributed by atoms with van der Waals surface area (Å²) in [5.74, 6) is 0. The molecule has 0 unspecified atom stereocenters. The third kappa shape index (κ3) is 3.14. The summed E-state index contributed by atoms with van der Waals surface area (Å²) in [6.45, 7) is 2.88. The number of aryl methyl sites for hydroxylation is 1. The third-order valence-electron chi connectivity index (χ3n) is 2.64. The Morgan fingerprint density at radius 2 is 2.12 bits per heavy atom. The summed E-state index contributed by atoms with van der Waals surface area (Å²) in [5, 5.41) is 3.35. The normalized spacial score (nSPS) is 10.5. The van der Waals surface area contributed by atoms with Crippen LogP contribution in [0.15, 0.2) is 30.3 Å². The summed E-state index contributed by atoms with van der Waals surface area (Å²) < 4.78 is 0.843. The van der Waals surface area contributed by atoms with E-state index in [4.69, 9.17) is 17.3 Å². The number of nitrogens with two attached hydrogens (primary N) is 1. The highest BCUT2D eigenvalue weighted by molar-refractivity contribution is 7.16. The van der Waals surface area contributed by atoms with E-state index in [1.807, 2.05) is 31.2 Å². The lowest BCUT2D eigenvalue weighted by Gasteiger charge is -2.10. The quantitative estimate of drug-likeness (QED) is 0.823. The number of thiophene rings is 1. The minimum atomic E-state index is 0.830. The van der Waals surface area contributed by atoms with E-state index < -0.39 is 0 Å². The van der Waals surface area contributed by atoms with Gasteiger partial charge in [-0.1, -0.05) is 23.7 Å². The molecule has 0 aliphatic rings. The molecule has 0 atom stereocenters. The van der Waals surface area contributed by atoms with Crippen LogP contribution in [0.3, 0.4) is 0 Å². The highest BCUT2D eigenvalue weighted by Crippen LogP contribution is 2.23. The van der Waals surface area contributed by atoms with Gasteiger partial charge in [-0.15, -0.1) is 11.3 Å². The number of hydrogen-bond donors (Lipinski definition) is 2. The van der Waals surface area contributed by atoms with Crippen molar-refractivity contribution in [2.75, 3.05) is 17.6 Å². The van der Waals surface area contributed by atoms with E-state index >= 15 is 0 Å². The molecule has 3 N–H and O–H groups in total. The van der Waals surface area contributed by atoms with Gasteiger partial charge < -0.3 is 11.1 Å². The molecule has 17 heavy (non-hydrogen) atoms. The fourth-order valence-corrected chi connectivity index (χ4v) is 2.73. The van der Waals surface area contributed by atoms with Crippen molar-refractivity contribution in [2.24, 2.45) is 0 Å². The minimum Gasteiger partial charge on any atom is -0.397 e. The molecule has 2 rings (SSSR count). The van der Waals surface area contributed by atoms with Crippen molar-refractivity contribution in [1.82, 2.24) is 0 Å². The van der Waals surface area contributed by atoms with Crippen molar-refractivity contribution in [2.45, 2.75) is 13.3 Å². The molecule has 0 aliphatic carbocycles. The van der Waals surface area contributed by atoms with E-state index in [2.05, 4.69) is 11.4 Å². The molecule has 1 aromatic carbocycles. The molecule has 0 aliphatic heterocycles. The second-order valence-electron chi connectivity index (χ2n) is 3.92. The number of para-hydroxylation sites is 1. The van der Waals surface area contributed by atoms with Crippen LogP contribution in [-0.4, -0.2) is 6.54 Å². The smallest absolute Gasteiger partial charge is 0.0931 e. The molecule has 0 saturated heterocycles. The fraction of sp³-hybridized carbons (Fsp3) is 0.231. The molecule has 0 saturated carbocycles. The van der Waals surface area contributed by atoms with Gasteiger partial charge in [0.05, 0.1) is 15.7 Å². The molecule has 0 bridgehead atoms. The van der Waals surface area contributed by atoms with Crippen molar-refractivity contribution in [3.63, 3.8) is 0 Å². The van der Waals surface area contributed by atoms with Crippen molar-refractivity contribution in [1.29, 1.82) is 0 Å². The number of hydrogen-bond acceptors (Lipinski definition) is 3. The number of anilines is 2. The minimum absolute atomic E-state index is 0.830. The predicted octanol–water partition coefficient (Wildman–Crippen LogP) is 3.95. The summed E-state index contributed by atoms with van der Waals surface area (Å²) >= 11 is 7.50. The van der Waals surface area contributed by atoms with Gasteiger partial charge in [-0.05, 0) is 37.1 Å². The van der Waals surface area contributed by atoms with Crippen molar-refractivity contribution >= 4 is 34.3 Å². The summed E-state index contributed by atoms with van der Waals surface area (Å²) in [5.41, 5.74) is 8.93. The predicted molar refractivity (Wildman–Crippen MR) is 77.1 cm³/mol. The van der Waals surface area contributed by atoms with Crippen LogP contribution in [0.25, 0.3) is 0 Å². The van der Waals surface area contributed by atoms with Gasteiger partial charge in [0, 0.05) is 11.4 Å². The molecular formula is C13H15ClN2S. The Bertz CT molecular complexity index is 508. The molecule has 90 valence electrons. The monoisotopic (exact) mass is 266 g/mol. The molecule has 0 radical (unpaired) electrons. The van der Waals surface area contributed by atoms with Crippen LogP contribution in [0, 0.1) is 6.92 Å². The molecule has 4 heteroatoms.